The van der Waals surface area contributed by atoms with Crippen molar-refractivity contribution in [3.63, 3.8) is 0 Å². The Balaban J connectivity index is 1.78. The zero-order valence-corrected chi connectivity index (χ0v) is 15.6. The van der Waals surface area contributed by atoms with E-state index in [0.717, 1.165) is 22.8 Å². The van der Waals surface area contributed by atoms with Crippen LogP contribution in [-0.2, 0) is 0 Å². The molecular weight excluding hydrogens is 368 g/mol. The molecule has 0 aliphatic rings. The molecular formula is C21H16N6S. The molecule has 6 nitrogen and oxygen atoms in total. The van der Waals surface area contributed by atoms with Crippen molar-refractivity contribution in [2.45, 2.75) is 0 Å². The van der Waals surface area contributed by atoms with Crippen LogP contribution in [0.3, 0.4) is 0 Å². The van der Waals surface area contributed by atoms with Crippen molar-refractivity contribution in [3.05, 3.63) is 96.2 Å². The molecule has 136 valence electrons. The Morgan fingerprint density at radius 2 is 1.43 bits per heavy atom. The van der Waals surface area contributed by atoms with E-state index in [1.807, 2.05) is 105 Å². The van der Waals surface area contributed by atoms with E-state index in [0.29, 0.717) is 10.6 Å². The number of rotatable bonds is 4. The fourth-order valence-corrected chi connectivity index (χ4v) is 3.51. The van der Waals surface area contributed by atoms with Gasteiger partial charge < -0.3 is 4.57 Å². The molecule has 5 aromatic rings. The average Bonchev–Trinajstić information content (AvgIpc) is 3.48. The monoisotopic (exact) mass is 384 g/mol. The number of H-pyrrole nitrogens is 1. The molecule has 0 saturated heterocycles. The molecule has 7 heteroatoms. The predicted molar refractivity (Wildman–Crippen MR) is 111 cm³/mol. The third-order valence-corrected chi connectivity index (χ3v) is 4.80. The van der Waals surface area contributed by atoms with Crippen molar-refractivity contribution < 1.29 is 0 Å². The topological polar surface area (TPSA) is 56.4 Å². The maximum absolute atomic E-state index is 5.51. The first-order chi connectivity index (χ1) is 13.8. The second-order valence-electron chi connectivity index (χ2n) is 6.24. The first-order valence-corrected chi connectivity index (χ1v) is 9.24. The van der Waals surface area contributed by atoms with Crippen molar-refractivity contribution in [3.8, 4) is 28.6 Å². The molecule has 0 aliphatic carbocycles. The van der Waals surface area contributed by atoms with E-state index < -0.39 is 0 Å². The summed E-state index contributed by atoms with van der Waals surface area (Å²) >= 11 is 5.51. The van der Waals surface area contributed by atoms with Crippen LogP contribution in [0.2, 0.25) is 0 Å². The summed E-state index contributed by atoms with van der Waals surface area (Å²) in [7, 11) is 0. The Hall–Kier alpha value is -3.71. The van der Waals surface area contributed by atoms with Gasteiger partial charge in [-0.3, -0.25) is 9.67 Å². The van der Waals surface area contributed by atoms with E-state index in [4.69, 9.17) is 12.2 Å². The smallest absolute Gasteiger partial charge is 0.200 e. The van der Waals surface area contributed by atoms with E-state index in [1.54, 1.807) is 0 Å². The van der Waals surface area contributed by atoms with Gasteiger partial charge in [-0.1, -0.05) is 36.4 Å². The molecule has 0 aliphatic heterocycles. The molecule has 0 amide bonds. The Kier molecular flexibility index (Phi) is 3.99. The molecule has 3 heterocycles. The minimum absolute atomic E-state index is 0.534. The van der Waals surface area contributed by atoms with Gasteiger partial charge in [0.05, 0.1) is 17.4 Å². The molecule has 3 aromatic heterocycles. The van der Waals surface area contributed by atoms with Gasteiger partial charge in [-0.05, 0) is 48.6 Å². The van der Waals surface area contributed by atoms with Crippen LogP contribution in [0.5, 0.6) is 0 Å². The molecule has 2 aromatic carbocycles. The Bertz CT molecular complexity index is 1260. The maximum Gasteiger partial charge on any atom is 0.200 e. The molecule has 0 saturated carbocycles. The van der Waals surface area contributed by atoms with Gasteiger partial charge in [0, 0.05) is 18.1 Å². The number of para-hydroxylation sites is 2. The van der Waals surface area contributed by atoms with Crippen LogP contribution in [0.4, 0.5) is 0 Å². The number of nitrogens with one attached hydrogen (secondary N) is 1. The highest BCUT2D eigenvalue weighted by molar-refractivity contribution is 7.71. The van der Waals surface area contributed by atoms with Crippen LogP contribution in [0.1, 0.15) is 0 Å². The van der Waals surface area contributed by atoms with Gasteiger partial charge in [0.25, 0.3) is 0 Å². The predicted octanol–water partition coefficient (Wildman–Crippen LogP) is 4.57. The highest BCUT2D eigenvalue weighted by Crippen LogP contribution is 2.29. The van der Waals surface area contributed by atoms with Gasteiger partial charge in [0.2, 0.25) is 0 Å². The SMILES string of the molecule is S=c1[nH]nc(-c2cnn(-c3ccccc3)c2-n2cccc2)n1-c1ccccc1. The third-order valence-electron chi connectivity index (χ3n) is 4.52. The molecule has 0 spiro atoms. The quantitative estimate of drug-likeness (QED) is 0.462. The van der Waals surface area contributed by atoms with Crippen LogP contribution in [0.15, 0.2) is 91.4 Å². The Labute approximate surface area is 166 Å². The van der Waals surface area contributed by atoms with Crippen LogP contribution in [0.25, 0.3) is 28.6 Å². The number of aromatic amines is 1. The molecule has 0 atom stereocenters. The summed E-state index contributed by atoms with van der Waals surface area (Å²) in [5, 5.41) is 12.1. The zero-order valence-electron chi connectivity index (χ0n) is 14.8. The lowest BCUT2D eigenvalue weighted by Gasteiger charge is -2.11. The largest absolute Gasteiger partial charge is 0.308 e. The first kappa shape index (κ1) is 16.5. The standard InChI is InChI=1S/C21H16N6S/c28-21-24-23-19(26(21)16-9-3-1-4-10-16)18-15-22-27(17-11-5-2-6-12-17)20(18)25-13-7-8-14-25/h1-15H,(H,24,28). The number of hydrogen-bond donors (Lipinski definition) is 1. The van der Waals surface area contributed by atoms with Crippen molar-refractivity contribution in [1.82, 2.24) is 29.1 Å². The van der Waals surface area contributed by atoms with Gasteiger partial charge in [-0.25, -0.2) is 4.68 Å². The summed E-state index contributed by atoms with van der Waals surface area (Å²) in [6, 6.07) is 24.0. The Morgan fingerprint density at radius 1 is 0.786 bits per heavy atom. The summed E-state index contributed by atoms with van der Waals surface area (Å²) in [6.45, 7) is 0. The van der Waals surface area contributed by atoms with Gasteiger partial charge >= 0.3 is 0 Å². The number of hydrogen-bond acceptors (Lipinski definition) is 3. The van der Waals surface area contributed by atoms with Crippen LogP contribution >= 0.6 is 12.2 Å². The second-order valence-corrected chi connectivity index (χ2v) is 6.63. The maximum atomic E-state index is 5.51. The van der Waals surface area contributed by atoms with E-state index >= 15 is 0 Å². The van der Waals surface area contributed by atoms with Crippen LogP contribution in [0, 0.1) is 4.77 Å². The van der Waals surface area contributed by atoms with Crippen molar-refractivity contribution in [2.24, 2.45) is 0 Å². The summed E-state index contributed by atoms with van der Waals surface area (Å²) in [6.07, 6.45) is 5.81. The van der Waals surface area contributed by atoms with Crippen LogP contribution in [-0.4, -0.2) is 29.1 Å². The summed E-state index contributed by atoms with van der Waals surface area (Å²) in [4.78, 5) is 0. The van der Waals surface area contributed by atoms with Crippen LogP contribution < -0.4 is 0 Å². The van der Waals surface area contributed by atoms with Gasteiger partial charge in [0.1, 0.15) is 0 Å². The molecule has 28 heavy (non-hydrogen) atoms. The lowest BCUT2D eigenvalue weighted by Crippen LogP contribution is -2.06. The highest BCUT2D eigenvalue weighted by atomic mass is 32.1. The van der Waals surface area contributed by atoms with E-state index in [2.05, 4.69) is 15.3 Å². The molecule has 0 fully saturated rings. The number of nitrogens with zero attached hydrogens (tertiary/aromatic N) is 5. The van der Waals surface area contributed by atoms with Crippen molar-refractivity contribution in [1.29, 1.82) is 0 Å². The fourth-order valence-electron chi connectivity index (χ4n) is 3.28. The minimum atomic E-state index is 0.534. The molecule has 1 N–H and O–H groups in total. The van der Waals surface area contributed by atoms with Gasteiger partial charge in [-0.15, -0.1) is 0 Å². The summed E-state index contributed by atoms with van der Waals surface area (Å²) in [5.74, 6) is 1.60. The van der Waals surface area contributed by atoms with E-state index in [1.165, 1.54) is 0 Å². The average molecular weight is 384 g/mol. The summed E-state index contributed by atoms with van der Waals surface area (Å²) in [5.41, 5.74) is 2.79. The minimum Gasteiger partial charge on any atom is -0.308 e. The molecule has 0 unspecified atom stereocenters. The Morgan fingerprint density at radius 3 is 2.11 bits per heavy atom. The van der Waals surface area contributed by atoms with E-state index in [-0.39, 0.29) is 0 Å². The molecule has 0 radical (unpaired) electrons. The van der Waals surface area contributed by atoms with Gasteiger partial charge in [0.15, 0.2) is 16.4 Å². The zero-order chi connectivity index (χ0) is 18.9. The second kappa shape index (κ2) is 6.79. The number of benzene rings is 2. The fraction of sp³-hybridized carbons (Fsp3) is 0. The van der Waals surface area contributed by atoms with Crippen molar-refractivity contribution >= 4 is 12.2 Å². The third kappa shape index (κ3) is 2.69. The van der Waals surface area contributed by atoms with Crippen molar-refractivity contribution in [2.75, 3.05) is 0 Å². The molecule has 0 bridgehead atoms. The normalized spacial score (nSPS) is 11.0. The number of aromatic nitrogens is 6. The lowest BCUT2D eigenvalue weighted by molar-refractivity contribution is 0.823. The first-order valence-electron chi connectivity index (χ1n) is 8.83. The van der Waals surface area contributed by atoms with E-state index in [9.17, 15) is 0 Å². The highest BCUT2D eigenvalue weighted by Gasteiger charge is 2.20. The summed E-state index contributed by atoms with van der Waals surface area (Å²) < 4.78 is 6.39. The van der Waals surface area contributed by atoms with Gasteiger partial charge in [-0.2, -0.15) is 10.2 Å². The molecule has 5 rings (SSSR count). The lowest BCUT2D eigenvalue weighted by atomic mass is 10.2.